The Morgan fingerprint density at radius 1 is 1.10 bits per heavy atom. The van der Waals surface area contributed by atoms with Gasteiger partial charge in [-0.15, -0.1) is 11.3 Å². The molecule has 0 bridgehead atoms. The van der Waals surface area contributed by atoms with Gasteiger partial charge in [-0.1, -0.05) is 0 Å². The smallest absolute Gasteiger partial charge is 0.240 e. The Morgan fingerprint density at radius 3 is 2.59 bits per heavy atom. The zero-order chi connectivity index (χ0) is 20.2. The highest BCUT2D eigenvalue weighted by Gasteiger charge is 2.21. The van der Waals surface area contributed by atoms with Crippen molar-refractivity contribution in [3.63, 3.8) is 0 Å². The third-order valence-electron chi connectivity index (χ3n) is 4.54. The summed E-state index contributed by atoms with van der Waals surface area (Å²) in [6.45, 7) is 3.19. The van der Waals surface area contributed by atoms with E-state index in [1.165, 1.54) is 17.4 Å². The fourth-order valence-corrected chi connectivity index (χ4v) is 3.78. The van der Waals surface area contributed by atoms with Crippen molar-refractivity contribution in [2.75, 3.05) is 42.9 Å². The van der Waals surface area contributed by atoms with Crippen molar-refractivity contribution >= 4 is 28.3 Å². The van der Waals surface area contributed by atoms with Crippen molar-refractivity contribution < 1.29 is 13.6 Å². The number of carbonyl (C=O) groups excluding carboxylic acids is 1. The topological polar surface area (TPSA) is 74.2 Å². The zero-order valence-corrected chi connectivity index (χ0v) is 16.2. The molecule has 1 amide bonds. The van der Waals surface area contributed by atoms with E-state index in [4.69, 9.17) is 0 Å². The lowest BCUT2D eigenvalue weighted by Gasteiger charge is -2.34. The largest absolute Gasteiger partial charge is 0.338 e. The van der Waals surface area contributed by atoms with E-state index in [0.29, 0.717) is 22.3 Å². The maximum Gasteiger partial charge on any atom is 0.240 e. The molecule has 1 fully saturated rings. The van der Waals surface area contributed by atoms with Gasteiger partial charge in [-0.25, -0.2) is 23.7 Å². The summed E-state index contributed by atoms with van der Waals surface area (Å²) in [5.41, 5.74) is 0.945. The third-order valence-corrected chi connectivity index (χ3v) is 5.30. The number of anilines is 2. The molecule has 1 aromatic carbocycles. The number of rotatable bonds is 5. The van der Waals surface area contributed by atoms with Crippen LogP contribution in [0.15, 0.2) is 42.0 Å². The van der Waals surface area contributed by atoms with Gasteiger partial charge in [0.15, 0.2) is 16.8 Å². The van der Waals surface area contributed by atoms with Gasteiger partial charge in [0.25, 0.3) is 0 Å². The van der Waals surface area contributed by atoms with Gasteiger partial charge in [0.05, 0.1) is 12.2 Å². The molecule has 0 atom stereocenters. The monoisotopic (exact) mass is 416 g/mol. The maximum absolute atomic E-state index is 13.4. The van der Waals surface area contributed by atoms with E-state index in [0.717, 1.165) is 38.3 Å². The van der Waals surface area contributed by atoms with Crippen LogP contribution in [0.1, 0.15) is 0 Å². The molecule has 1 aliphatic heterocycles. The van der Waals surface area contributed by atoms with Crippen LogP contribution >= 0.6 is 11.3 Å². The number of hydrogen-bond donors (Lipinski definition) is 1. The van der Waals surface area contributed by atoms with E-state index in [9.17, 15) is 13.6 Å². The Morgan fingerprint density at radius 2 is 1.86 bits per heavy atom. The lowest BCUT2D eigenvalue weighted by Crippen LogP contribution is -2.49. The summed E-state index contributed by atoms with van der Waals surface area (Å²) in [7, 11) is 0. The lowest BCUT2D eigenvalue weighted by molar-refractivity contribution is -0.117. The van der Waals surface area contributed by atoms with Gasteiger partial charge in [0.1, 0.15) is 0 Å². The predicted molar refractivity (Wildman–Crippen MR) is 107 cm³/mol. The lowest BCUT2D eigenvalue weighted by atomic mass is 10.2. The van der Waals surface area contributed by atoms with Gasteiger partial charge in [0, 0.05) is 49.5 Å². The summed E-state index contributed by atoms with van der Waals surface area (Å²) >= 11 is 1.24. The molecule has 0 aliphatic carbocycles. The van der Waals surface area contributed by atoms with Crippen molar-refractivity contribution in [1.82, 2.24) is 19.9 Å². The second-order valence-electron chi connectivity index (χ2n) is 6.53. The molecule has 150 valence electrons. The standard InChI is InChI=1S/C19H18F2N6OS/c20-14-3-2-13(10-15(14)21)16-12-29-19(24-16)25-17(28)11-26-6-8-27(9-7-26)18-22-4-1-5-23-18/h1-5,10,12H,6-9,11H2,(H,24,25,28). The van der Waals surface area contributed by atoms with Crippen molar-refractivity contribution in [1.29, 1.82) is 0 Å². The normalized spacial score (nSPS) is 14.8. The van der Waals surface area contributed by atoms with Crippen molar-refractivity contribution in [2.24, 2.45) is 0 Å². The average molecular weight is 416 g/mol. The summed E-state index contributed by atoms with van der Waals surface area (Å²) in [6, 6.07) is 5.38. The van der Waals surface area contributed by atoms with E-state index in [1.54, 1.807) is 23.8 Å². The Labute approximate surface area is 170 Å². The summed E-state index contributed by atoms with van der Waals surface area (Å²) in [6.07, 6.45) is 3.43. The maximum atomic E-state index is 13.4. The molecule has 3 heterocycles. The van der Waals surface area contributed by atoms with Crippen LogP contribution in [0.4, 0.5) is 19.9 Å². The van der Waals surface area contributed by atoms with Crippen molar-refractivity contribution in [3.8, 4) is 11.3 Å². The number of halogens is 2. The highest BCUT2D eigenvalue weighted by Crippen LogP contribution is 2.26. The first-order valence-corrected chi connectivity index (χ1v) is 9.91. The van der Waals surface area contributed by atoms with E-state index in [1.807, 2.05) is 0 Å². The minimum Gasteiger partial charge on any atom is -0.338 e. The number of nitrogens with zero attached hydrogens (tertiary/aromatic N) is 5. The fourth-order valence-electron chi connectivity index (χ4n) is 3.04. The van der Waals surface area contributed by atoms with Crippen LogP contribution < -0.4 is 10.2 Å². The summed E-state index contributed by atoms with van der Waals surface area (Å²) < 4.78 is 26.5. The molecule has 7 nitrogen and oxygen atoms in total. The Balaban J connectivity index is 1.29. The minimum atomic E-state index is -0.930. The van der Waals surface area contributed by atoms with Crippen LogP contribution in [-0.4, -0.2) is 58.5 Å². The van der Waals surface area contributed by atoms with Crippen LogP contribution in [0.3, 0.4) is 0 Å². The van der Waals surface area contributed by atoms with Gasteiger partial charge in [-0.2, -0.15) is 0 Å². The number of hydrogen-bond acceptors (Lipinski definition) is 7. The molecule has 0 radical (unpaired) electrons. The van der Waals surface area contributed by atoms with E-state index in [2.05, 4.69) is 30.1 Å². The second kappa shape index (κ2) is 8.58. The highest BCUT2D eigenvalue weighted by molar-refractivity contribution is 7.14. The van der Waals surface area contributed by atoms with E-state index < -0.39 is 11.6 Å². The van der Waals surface area contributed by atoms with Crippen LogP contribution in [0, 0.1) is 11.6 Å². The molecule has 4 rings (SSSR count). The molecule has 0 spiro atoms. The molecule has 0 saturated carbocycles. The molecule has 29 heavy (non-hydrogen) atoms. The zero-order valence-electron chi connectivity index (χ0n) is 15.4. The van der Waals surface area contributed by atoms with Gasteiger partial charge in [-0.05, 0) is 24.3 Å². The van der Waals surface area contributed by atoms with Crippen molar-refractivity contribution in [3.05, 3.63) is 53.7 Å². The van der Waals surface area contributed by atoms with Gasteiger partial charge < -0.3 is 10.2 Å². The van der Waals surface area contributed by atoms with Crippen LogP contribution in [0.2, 0.25) is 0 Å². The van der Waals surface area contributed by atoms with E-state index >= 15 is 0 Å². The van der Waals surface area contributed by atoms with Crippen LogP contribution in [0.25, 0.3) is 11.3 Å². The molecule has 0 unspecified atom stereocenters. The van der Waals surface area contributed by atoms with Crippen molar-refractivity contribution in [2.45, 2.75) is 0 Å². The number of benzene rings is 1. The molecule has 10 heteroatoms. The molecule has 1 saturated heterocycles. The molecule has 3 aromatic rings. The van der Waals surface area contributed by atoms with Crippen LogP contribution in [-0.2, 0) is 4.79 Å². The Kier molecular flexibility index (Phi) is 5.72. The number of piperazine rings is 1. The number of aromatic nitrogens is 3. The van der Waals surface area contributed by atoms with E-state index in [-0.39, 0.29) is 12.5 Å². The minimum absolute atomic E-state index is 0.166. The molecule has 1 aliphatic rings. The first-order chi connectivity index (χ1) is 14.1. The molecule has 2 aromatic heterocycles. The highest BCUT2D eigenvalue weighted by atomic mass is 32.1. The first-order valence-electron chi connectivity index (χ1n) is 9.03. The summed E-state index contributed by atoms with van der Waals surface area (Å²) in [5.74, 6) is -1.30. The molecular formula is C19H18F2N6OS. The first kappa shape index (κ1) is 19.3. The van der Waals surface area contributed by atoms with Crippen LogP contribution in [0.5, 0.6) is 0 Å². The second-order valence-corrected chi connectivity index (χ2v) is 7.39. The molecular weight excluding hydrogens is 398 g/mol. The summed E-state index contributed by atoms with van der Waals surface area (Å²) in [4.78, 5) is 29.3. The number of carbonyl (C=O) groups is 1. The van der Waals surface area contributed by atoms with Gasteiger partial charge in [0.2, 0.25) is 11.9 Å². The predicted octanol–water partition coefficient (Wildman–Crippen LogP) is 2.64. The molecule has 1 N–H and O–H groups in total. The quantitative estimate of drug-likeness (QED) is 0.689. The number of amides is 1. The summed E-state index contributed by atoms with van der Waals surface area (Å²) in [5, 5.41) is 4.89. The number of nitrogens with one attached hydrogen (secondary N) is 1. The van der Waals surface area contributed by atoms with Gasteiger partial charge >= 0.3 is 0 Å². The average Bonchev–Trinajstić information content (AvgIpc) is 3.19. The third kappa shape index (κ3) is 4.72. The van der Waals surface area contributed by atoms with Gasteiger partial charge in [-0.3, -0.25) is 9.69 Å². The number of thiazole rings is 1. The Hall–Kier alpha value is -2.98. The SMILES string of the molecule is O=C(CN1CCN(c2ncccn2)CC1)Nc1nc(-c2ccc(F)c(F)c2)cs1. The Bertz CT molecular complexity index is 991. The fraction of sp³-hybridized carbons (Fsp3) is 0.263.